The molecule has 82 valence electrons. The third-order valence-corrected chi connectivity index (χ3v) is 1.84. The van der Waals surface area contributed by atoms with Crippen molar-refractivity contribution in [3.63, 3.8) is 0 Å². The molecule has 0 spiro atoms. The number of hydrogen-bond acceptors (Lipinski definition) is 4. The highest BCUT2D eigenvalue weighted by atomic mass is 16.5. The maximum atomic E-state index is 11.4. The SMILES string of the molecule is COC(C)(C)C(=O)N[C@H](CO)C(=O)O. The summed E-state index contributed by atoms with van der Waals surface area (Å²) in [6.07, 6.45) is 0. The lowest BCUT2D eigenvalue weighted by Gasteiger charge is -2.23. The number of nitrogens with one attached hydrogen (secondary N) is 1. The van der Waals surface area contributed by atoms with E-state index in [0.29, 0.717) is 0 Å². The number of aliphatic hydroxyl groups excluding tert-OH is 1. The van der Waals surface area contributed by atoms with E-state index in [-0.39, 0.29) is 0 Å². The van der Waals surface area contributed by atoms with Crippen molar-refractivity contribution in [3.05, 3.63) is 0 Å². The Morgan fingerprint density at radius 2 is 2.00 bits per heavy atom. The molecule has 0 bridgehead atoms. The van der Waals surface area contributed by atoms with Gasteiger partial charge in [-0.15, -0.1) is 0 Å². The zero-order valence-electron chi connectivity index (χ0n) is 8.40. The summed E-state index contributed by atoms with van der Waals surface area (Å²) in [5, 5.41) is 19.3. The van der Waals surface area contributed by atoms with E-state index in [4.69, 9.17) is 14.9 Å². The predicted molar refractivity (Wildman–Crippen MR) is 47.7 cm³/mol. The summed E-state index contributed by atoms with van der Waals surface area (Å²) in [7, 11) is 1.34. The van der Waals surface area contributed by atoms with E-state index in [1.54, 1.807) is 0 Å². The molecule has 0 rings (SSSR count). The van der Waals surface area contributed by atoms with Crippen LogP contribution in [0, 0.1) is 0 Å². The zero-order valence-corrected chi connectivity index (χ0v) is 8.40. The Morgan fingerprint density at radius 3 is 2.29 bits per heavy atom. The number of aliphatic carboxylic acids is 1. The van der Waals surface area contributed by atoms with Crippen molar-refractivity contribution < 1.29 is 24.5 Å². The van der Waals surface area contributed by atoms with E-state index in [0.717, 1.165) is 0 Å². The molecule has 1 atom stereocenters. The quantitative estimate of drug-likeness (QED) is 0.533. The summed E-state index contributed by atoms with van der Waals surface area (Å²) < 4.78 is 4.84. The molecule has 0 aromatic carbocycles. The maximum absolute atomic E-state index is 11.4. The summed E-state index contributed by atoms with van der Waals surface area (Å²) in [4.78, 5) is 21.8. The average Bonchev–Trinajstić information content (AvgIpc) is 2.12. The van der Waals surface area contributed by atoms with E-state index in [1.165, 1.54) is 21.0 Å². The van der Waals surface area contributed by atoms with Crippen molar-refractivity contribution >= 4 is 11.9 Å². The Balaban J connectivity index is 4.37. The number of methoxy groups -OCH3 is 1. The molecule has 3 N–H and O–H groups in total. The third kappa shape index (κ3) is 3.31. The first kappa shape index (κ1) is 12.9. The Bertz CT molecular complexity index is 226. The van der Waals surface area contributed by atoms with Gasteiger partial charge in [-0.25, -0.2) is 4.79 Å². The van der Waals surface area contributed by atoms with E-state index < -0.39 is 30.1 Å². The summed E-state index contributed by atoms with van der Waals surface area (Å²) in [5.74, 6) is -1.87. The van der Waals surface area contributed by atoms with Gasteiger partial charge in [0.05, 0.1) is 6.61 Å². The van der Waals surface area contributed by atoms with Crippen LogP contribution in [0.2, 0.25) is 0 Å². The topological polar surface area (TPSA) is 95.9 Å². The first-order valence-corrected chi connectivity index (χ1v) is 4.05. The number of hydrogen-bond donors (Lipinski definition) is 3. The van der Waals surface area contributed by atoms with Gasteiger partial charge in [0.25, 0.3) is 5.91 Å². The summed E-state index contributed by atoms with van der Waals surface area (Å²) in [6.45, 7) is 2.35. The van der Waals surface area contributed by atoms with Crippen LogP contribution < -0.4 is 5.32 Å². The molecule has 0 aromatic rings. The van der Waals surface area contributed by atoms with Gasteiger partial charge in [0, 0.05) is 7.11 Å². The van der Waals surface area contributed by atoms with Gasteiger partial charge in [-0.05, 0) is 13.8 Å². The molecule has 14 heavy (non-hydrogen) atoms. The summed E-state index contributed by atoms with van der Waals surface area (Å²) in [6, 6.07) is -1.29. The van der Waals surface area contributed by atoms with Crippen LogP contribution in [0.15, 0.2) is 0 Å². The first-order chi connectivity index (χ1) is 6.35. The van der Waals surface area contributed by atoms with Crippen LogP contribution in [0.5, 0.6) is 0 Å². The molecule has 0 aromatic heterocycles. The molecule has 0 radical (unpaired) electrons. The second kappa shape index (κ2) is 4.92. The van der Waals surface area contributed by atoms with Crippen LogP contribution in [-0.2, 0) is 14.3 Å². The molecule has 0 unspecified atom stereocenters. The number of carbonyl (C=O) groups is 2. The minimum absolute atomic E-state index is 0.582. The summed E-state index contributed by atoms with van der Waals surface area (Å²) >= 11 is 0. The van der Waals surface area contributed by atoms with E-state index in [1.807, 2.05) is 0 Å². The Hall–Kier alpha value is -1.14. The lowest BCUT2D eigenvalue weighted by atomic mass is 10.1. The second-order valence-electron chi connectivity index (χ2n) is 3.26. The van der Waals surface area contributed by atoms with Crippen molar-refractivity contribution in [2.75, 3.05) is 13.7 Å². The number of carboxylic acid groups (broad SMARTS) is 1. The number of rotatable bonds is 5. The van der Waals surface area contributed by atoms with Crippen LogP contribution in [0.3, 0.4) is 0 Å². The number of amides is 1. The van der Waals surface area contributed by atoms with Crippen LogP contribution in [0.25, 0.3) is 0 Å². The third-order valence-electron chi connectivity index (χ3n) is 1.84. The lowest BCUT2D eigenvalue weighted by Crippen LogP contribution is -2.51. The largest absolute Gasteiger partial charge is 0.480 e. The van der Waals surface area contributed by atoms with Crippen LogP contribution in [0.1, 0.15) is 13.8 Å². The Kier molecular flexibility index (Phi) is 4.52. The molecule has 0 saturated heterocycles. The molecular formula is C8H15NO5. The van der Waals surface area contributed by atoms with Gasteiger partial charge < -0.3 is 20.3 Å². The zero-order chi connectivity index (χ0) is 11.4. The minimum Gasteiger partial charge on any atom is -0.480 e. The molecular weight excluding hydrogens is 190 g/mol. The van der Waals surface area contributed by atoms with Crippen molar-refractivity contribution in [2.45, 2.75) is 25.5 Å². The lowest BCUT2D eigenvalue weighted by molar-refractivity contribution is -0.148. The van der Waals surface area contributed by atoms with Gasteiger partial charge in [-0.2, -0.15) is 0 Å². The number of carbonyl (C=O) groups excluding carboxylic acids is 1. The van der Waals surface area contributed by atoms with Crippen molar-refractivity contribution in [3.8, 4) is 0 Å². The molecule has 0 aliphatic heterocycles. The number of aliphatic hydroxyl groups is 1. The van der Waals surface area contributed by atoms with Gasteiger partial charge >= 0.3 is 5.97 Å². The molecule has 0 fully saturated rings. The number of ether oxygens (including phenoxy) is 1. The van der Waals surface area contributed by atoms with Crippen LogP contribution in [-0.4, -0.2) is 47.4 Å². The molecule has 0 aliphatic carbocycles. The van der Waals surface area contributed by atoms with Gasteiger partial charge in [0.1, 0.15) is 11.6 Å². The fourth-order valence-corrected chi connectivity index (χ4v) is 0.610. The van der Waals surface area contributed by atoms with Crippen molar-refractivity contribution in [2.24, 2.45) is 0 Å². The summed E-state index contributed by atoms with van der Waals surface area (Å²) in [5.41, 5.74) is -1.11. The fourth-order valence-electron chi connectivity index (χ4n) is 0.610. The predicted octanol–water partition coefficient (Wildman–Crippen LogP) is -1.03. The number of carboxylic acids is 1. The smallest absolute Gasteiger partial charge is 0.328 e. The highest BCUT2D eigenvalue weighted by Crippen LogP contribution is 2.07. The molecule has 0 saturated carbocycles. The monoisotopic (exact) mass is 205 g/mol. The fraction of sp³-hybridized carbons (Fsp3) is 0.750. The maximum Gasteiger partial charge on any atom is 0.328 e. The first-order valence-electron chi connectivity index (χ1n) is 4.05. The Morgan fingerprint density at radius 1 is 1.50 bits per heavy atom. The second-order valence-corrected chi connectivity index (χ2v) is 3.26. The molecule has 6 heteroatoms. The van der Waals surface area contributed by atoms with Crippen LogP contribution in [0.4, 0.5) is 0 Å². The van der Waals surface area contributed by atoms with Gasteiger partial charge in [0.15, 0.2) is 0 Å². The normalized spacial score (nSPS) is 13.4. The highest BCUT2D eigenvalue weighted by Gasteiger charge is 2.30. The van der Waals surface area contributed by atoms with Gasteiger partial charge in [0.2, 0.25) is 0 Å². The standard InChI is InChI=1S/C8H15NO5/c1-8(2,14-3)7(13)9-5(4-10)6(11)12/h5,10H,4H2,1-3H3,(H,9,13)(H,11,12)/t5-/m1/s1. The van der Waals surface area contributed by atoms with E-state index in [9.17, 15) is 9.59 Å². The van der Waals surface area contributed by atoms with Crippen molar-refractivity contribution in [1.82, 2.24) is 5.32 Å². The van der Waals surface area contributed by atoms with Crippen molar-refractivity contribution in [1.29, 1.82) is 0 Å². The minimum atomic E-state index is -1.29. The molecule has 6 nitrogen and oxygen atoms in total. The molecule has 1 amide bonds. The van der Waals surface area contributed by atoms with Crippen LogP contribution >= 0.6 is 0 Å². The molecule has 0 aliphatic rings. The Labute approximate surface area is 81.9 Å². The van der Waals surface area contributed by atoms with E-state index >= 15 is 0 Å². The highest BCUT2D eigenvalue weighted by molar-refractivity contribution is 5.88. The van der Waals surface area contributed by atoms with Gasteiger partial charge in [-0.1, -0.05) is 0 Å². The van der Waals surface area contributed by atoms with E-state index in [2.05, 4.69) is 5.32 Å². The molecule has 0 heterocycles. The average molecular weight is 205 g/mol. The van der Waals surface area contributed by atoms with Gasteiger partial charge in [-0.3, -0.25) is 4.79 Å².